The first-order valence-corrected chi connectivity index (χ1v) is 5.96. The van der Waals surface area contributed by atoms with Crippen molar-refractivity contribution >= 4 is 5.91 Å². The van der Waals surface area contributed by atoms with Crippen molar-refractivity contribution in [1.82, 2.24) is 10.2 Å². The molecule has 0 radical (unpaired) electrons. The third kappa shape index (κ3) is 3.18. The SMILES string of the molecule is O=C(COC1CCCNCC1)N1CCC1. The summed E-state index contributed by atoms with van der Waals surface area (Å²) >= 11 is 0. The zero-order valence-electron chi connectivity index (χ0n) is 9.21. The standard InChI is InChI=1S/C11H20N2O2/c14-11(13-7-2-8-13)9-15-10-3-1-5-12-6-4-10/h10,12H,1-9H2. The number of ether oxygens (including phenoxy) is 1. The maximum absolute atomic E-state index is 11.5. The van der Waals surface area contributed by atoms with Gasteiger partial charge in [-0.15, -0.1) is 0 Å². The van der Waals surface area contributed by atoms with Crippen LogP contribution < -0.4 is 5.32 Å². The molecule has 1 N–H and O–H groups in total. The Morgan fingerprint density at radius 3 is 2.87 bits per heavy atom. The lowest BCUT2D eigenvalue weighted by Gasteiger charge is -2.31. The number of amides is 1. The van der Waals surface area contributed by atoms with Crippen molar-refractivity contribution in [1.29, 1.82) is 0 Å². The molecular weight excluding hydrogens is 192 g/mol. The van der Waals surface area contributed by atoms with Crippen LogP contribution in [0.5, 0.6) is 0 Å². The van der Waals surface area contributed by atoms with Crippen LogP contribution in [0.2, 0.25) is 0 Å². The molecule has 0 aromatic rings. The van der Waals surface area contributed by atoms with E-state index in [0.29, 0.717) is 0 Å². The summed E-state index contributed by atoms with van der Waals surface area (Å²) in [6.07, 6.45) is 4.71. The molecule has 2 fully saturated rings. The molecule has 2 heterocycles. The highest BCUT2D eigenvalue weighted by molar-refractivity contribution is 5.78. The van der Waals surface area contributed by atoms with E-state index in [1.54, 1.807) is 0 Å². The minimum atomic E-state index is 0.165. The van der Waals surface area contributed by atoms with Crippen LogP contribution in [-0.2, 0) is 9.53 Å². The Bertz CT molecular complexity index is 209. The van der Waals surface area contributed by atoms with Gasteiger partial charge in [-0.3, -0.25) is 4.79 Å². The Hall–Kier alpha value is -0.610. The van der Waals surface area contributed by atoms with E-state index in [-0.39, 0.29) is 18.6 Å². The number of hydrogen-bond donors (Lipinski definition) is 1. The Labute approximate surface area is 91.0 Å². The number of rotatable bonds is 3. The number of nitrogens with one attached hydrogen (secondary N) is 1. The van der Waals surface area contributed by atoms with Crippen LogP contribution >= 0.6 is 0 Å². The van der Waals surface area contributed by atoms with Crippen molar-refractivity contribution < 1.29 is 9.53 Å². The summed E-state index contributed by atoms with van der Waals surface area (Å²) in [6.45, 7) is 4.23. The van der Waals surface area contributed by atoms with Crippen LogP contribution in [0.25, 0.3) is 0 Å². The smallest absolute Gasteiger partial charge is 0.248 e. The molecule has 1 unspecified atom stereocenters. The third-order valence-electron chi connectivity index (χ3n) is 3.17. The van der Waals surface area contributed by atoms with Gasteiger partial charge >= 0.3 is 0 Å². The number of nitrogens with zero attached hydrogens (tertiary/aromatic N) is 1. The normalized spacial score (nSPS) is 26.9. The van der Waals surface area contributed by atoms with Gasteiger partial charge in [0.1, 0.15) is 6.61 Å². The Balaban J connectivity index is 1.64. The minimum Gasteiger partial charge on any atom is -0.368 e. The van der Waals surface area contributed by atoms with Crippen LogP contribution in [0.1, 0.15) is 25.7 Å². The van der Waals surface area contributed by atoms with E-state index in [9.17, 15) is 4.79 Å². The zero-order valence-corrected chi connectivity index (χ0v) is 9.21. The highest BCUT2D eigenvalue weighted by Crippen LogP contribution is 2.11. The maximum atomic E-state index is 11.5. The summed E-state index contributed by atoms with van der Waals surface area (Å²) in [5.41, 5.74) is 0. The summed E-state index contributed by atoms with van der Waals surface area (Å²) in [4.78, 5) is 13.4. The molecular formula is C11H20N2O2. The first kappa shape index (κ1) is 10.9. The van der Waals surface area contributed by atoms with Crippen LogP contribution in [0, 0.1) is 0 Å². The van der Waals surface area contributed by atoms with Crippen molar-refractivity contribution in [3.8, 4) is 0 Å². The summed E-state index contributed by atoms with van der Waals surface area (Å²) in [5.74, 6) is 0.165. The number of likely N-dealkylation sites (tertiary alicyclic amines) is 1. The second-order valence-electron chi connectivity index (χ2n) is 4.35. The molecule has 0 saturated carbocycles. The fraction of sp³-hybridized carbons (Fsp3) is 0.909. The van der Waals surface area contributed by atoms with Crippen LogP contribution in [-0.4, -0.2) is 49.7 Å². The van der Waals surface area contributed by atoms with Gasteiger partial charge in [0.15, 0.2) is 0 Å². The summed E-state index contributed by atoms with van der Waals surface area (Å²) < 4.78 is 5.65. The molecule has 15 heavy (non-hydrogen) atoms. The van der Waals surface area contributed by atoms with Gasteiger partial charge in [0.2, 0.25) is 5.91 Å². The number of carbonyl (C=O) groups is 1. The molecule has 4 nitrogen and oxygen atoms in total. The van der Waals surface area contributed by atoms with E-state index in [1.807, 2.05) is 4.90 Å². The van der Waals surface area contributed by atoms with E-state index in [0.717, 1.165) is 51.9 Å². The predicted octanol–water partition coefficient (Wildman–Crippen LogP) is 0.377. The lowest BCUT2D eigenvalue weighted by atomic mass is 10.1. The fourth-order valence-corrected chi connectivity index (χ4v) is 2.00. The zero-order chi connectivity index (χ0) is 10.5. The molecule has 86 valence electrons. The van der Waals surface area contributed by atoms with Gasteiger partial charge in [0.05, 0.1) is 6.10 Å². The Morgan fingerprint density at radius 1 is 1.27 bits per heavy atom. The lowest BCUT2D eigenvalue weighted by Crippen LogP contribution is -2.44. The molecule has 0 bridgehead atoms. The van der Waals surface area contributed by atoms with E-state index >= 15 is 0 Å². The average Bonchev–Trinajstić information content (AvgIpc) is 2.40. The van der Waals surface area contributed by atoms with Gasteiger partial charge in [-0.1, -0.05) is 0 Å². The quantitative estimate of drug-likeness (QED) is 0.735. The highest BCUT2D eigenvalue weighted by atomic mass is 16.5. The second-order valence-corrected chi connectivity index (χ2v) is 4.35. The second kappa shape index (κ2) is 5.47. The largest absolute Gasteiger partial charge is 0.368 e. The molecule has 2 aliphatic rings. The summed E-state index contributed by atoms with van der Waals surface area (Å²) in [7, 11) is 0. The van der Waals surface area contributed by atoms with Gasteiger partial charge in [-0.25, -0.2) is 0 Å². The molecule has 2 aliphatic heterocycles. The van der Waals surface area contributed by atoms with E-state index < -0.39 is 0 Å². The van der Waals surface area contributed by atoms with Crippen molar-refractivity contribution in [2.75, 3.05) is 32.8 Å². The van der Waals surface area contributed by atoms with E-state index in [1.165, 1.54) is 0 Å². The molecule has 0 aromatic carbocycles. The molecule has 0 aromatic heterocycles. The van der Waals surface area contributed by atoms with Crippen LogP contribution in [0.15, 0.2) is 0 Å². The molecule has 2 saturated heterocycles. The van der Waals surface area contributed by atoms with Crippen molar-refractivity contribution in [2.24, 2.45) is 0 Å². The van der Waals surface area contributed by atoms with E-state index in [4.69, 9.17) is 4.74 Å². The molecule has 4 heteroatoms. The van der Waals surface area contributed by atoms with Crippen molar-refractivity contribution in [2.45, 2.75) is 31.8 Å². The minimum absolute atomic E-state index is 0.165. The summed E-state index contributed by atoms with van der Waals surface area (Å²) in [5, 5.41) is 3.33. The van der Waals surface area contributed by atoms with Crippen LogP contribution in [0.4, 0.5) is 0 Å². The maximum Gasteiger partial charge on any atom is 0.248 e. The van der Waals surface area contributed by atoms with Crippen LogP contribution in [0.3, 0.4) is 0 Å². The Kier molecular flexibility index (Phi) is 3.97. The summed E-state index contributed by atoms with van der Waals surface area (Å²) in [6, 6.07) is 0. The molecule has 1 atom stereocenters. The number of hydrogen-bond acceptors (Lipinski definition) is 3. The highest BCUT2D eigenvalue weighted by Gasteiger charge is 2.21. The molecule has 0 spiro atoms. The molecule has 2 rings (SSSR count). The molecule has 0 aliphatic carbocycles. The Morgan fingerprint density at radius 2 is 2.13 bits per heavy atom. The van der Waals surface area contributed by atoms with Gasteiger partial charge in [-0.05, 0) is 38.8 Å². The van der Waals surface area contributed by atoms with Gasteiger partial charge in [-0.2, -0.15) is 0 Å². The first-order chi connectivity index (χ1) is 7.36. The molecule has 1 amide bonds. The van der Waals surface area contributed by atoms with Gasteiger partial charge < -0.3 is 15.0 Å². The van der Waals surface area contributed by atoms with Crippen molar-refractivity contribution in [3.05, 3.63) is 0 Å². The van der Waals surface area contributed by atoms with Gasteiger partial charge in [0.25, 0.3) is 0 Å². The van der Waals surface area contributed by atoms with Gasteiger partial charge in [0, 0.05) is 13.1 Å². The fourth-order valence-electron chi connectivity index (χ4n) is 2.00. The third-order valence-corrected chi connectivity index (χ3v) is 3.17. The number of carbonyl (C=O) groups excluding carboxylic acids is 1. The average molecular weight is 212 g/mol. The topological polar surface area (TPSA) is 41.6 Å². The van der Waals surface area contributed by atoms with Crippen molar-refractivity contribution in [3.63, 3.8) is 0 Å². The predicted molar refractivity (Wildman–Crippen MR) is 57.7 cm³/mol. The van der Waals surface area contributed by atoms with E-state index in [2.05, 4.69) is 5.32 Å². The monoisotopic (exact) mass is 212 g/mol. The first-order valence-electron chi connectivity index (χ1n) is 5.96. The lowest BCUT2D eigenvalue weighted by molar-refractivity contribution is -0.141.